The van der Waals surface area contributed by atoms with E-state index in [1.54, 1.807) is 0 Å². The minimum Gasteiger partial charge on any atom is -0.480 e. The van der Waals surface area contributed by atoms with Gasteiger partial charge in [-0.15, -0.1) is 0 Å². The molecule has 0 aromatic rings. The predicted molar refractivity (Wildman–Crippen MR) is 138 cm³/mol. The van der Waals surface area contributed by atoms with Crippen molar-refractivity contribution in [2.75, 3.05) is 13.2 Å². The van der Waals surface area contributed by atoms with E-state index < -0.39 is 51.2 Å². The van der Waals surface area contributed by atoms with Crippen LogP contribution in [0.5, 0.6) is 0 Å². The van der Waals surface area contributed by atoms with Crippen LogP contribution in [0.4, 0.5) is 0 Å². The molecule has 0 bridgehead atoms. The van der Waals surface area contributed by atoms with Crippen molar-refractivity contribution in [1.29, 1.82) is 0 Å². The van der Waals surface area contributed by atoms with Gasteiger partial charge >= 0.3 is 19.8 Å². The van der Waals surface area contributed by atoms with E-state index in [2.05, 4.69) is 28.1 Å². The average Bonchev–Trinajstić information content (AvgIpc) is 2.83. The Balaban J connectivity index is 3.70. The van der Waals surface area contributed by atoms with Crippen molar-refractivity contribution >= 4 is 19.8 Å². The highest BCUT2D eigenvalue weighted by Gasteiger charge is 2.31. The molecule has 0 rings (SSSR count). The third-order valence-electron chi connectivity index (χ3n) is 5.60. The largest absolute Gasteiger partial charge is 0.480 e. The Morgan fingerprint density at radius 2 is 1.44 bits per heavy atom. The molecule has 0 aliphatic rings. The fraction of sp³-hybridized carbons (Fsp3) is 0.840. The van der Waals surface area contributed by atoms with Gasteiger partial charge in [-0.25, -0.2) is 4.57 Å². The maximum atomic E-state index is 11.8. The van der Waals surface area contributed by atoms with Gasteiger partial charge in [0.15, 0.2) is 0 Å². The smallest absolute Gasteiger partial charge is 0.472 e. The van der Waals surface area contributed by atoms with Gasteiger partial charge in [0.2, 0.25) is 0 Å². The van der Waals surface area contributed by atoms with Crippen molar-refractivity contribution in [3.05, 3.63) is 12.2 Å². The fourth-order valence-electron chi connectivity index (χ4n) is 3.34. The molecule has 0 spiro atoms. The van der Waals surface area contributed by atoms with E-state index in [0.29, 0.717) is 6.42 Å². The number of hydrogen-bond donors (Lipinski definition) is 4. The van der Waals surface area contributed by atoms with Crippen molar-refractivity contribution in [2.45, 2.75) is 122 Å². The quantitative estimate of drug-likeness (QED) is 0.0578. The van der Waals surface area contributed by atoms with Crippen LogP contribution in [0.3, 0.4) is 0 Å². The second-order valence-corrected chi connectivity index (χ2v) is 10.5. The first-order chi connectivity index (χ1) is 17.1. The van der Waals surface area contributed by atoms with Crippen LogP contribution in [-0.4, -0.2) is 58.5 Å². The summed E-state index contributed by atoms with van der Waals surface area (Å²) in [6.45, 7) is 2.41. The molecule has 36 heavy (non-hydrogen) atoms. The Kier molecular flexibility index (Phi) is 21.0. The summed E-state index contributed by atoms with van der Waals surface area (Å²) in [7, 11) is -4.64. The maximum Gasteiger partial charge on any atom is 0.472 e. The summed E-state index contributed by atoms with van der Waals surface area (Å²) >= 11 is 0. The minimum absolute atomic E-state index is 0.234. The summed E-state index contributed by atoms with van der Waals surface area (Å²) in [5.74, 6) is -1.86. The van der Waals surface area contributed by atoms with Crippen LogP contribution in [0.15, 0.2) is 12.2 Å². The Labute approximate surface area is 216 Å². The number of phosphoric acid groups is 1. The number of hydrogen-bond acceptors (Lipinski definition) is 8. The molecule has 4 atom stereocenters. The maximum absolute atomic E-state index is 11.8. The zero-order valence-electron chi connectivity index (χ0n) is 22.0. The highest BCUT2D eigenvalue weighted by molar-refractivity contribution is 7.47. The summed E-state index contributed by atoms with van der Waals surface area (Å²) in [4.78, 5) is 32.1. The molecule has 0 aromatic carbocycles. The molecule has 11 heteroatoms. The first-order valence-electron chi connectivity index (χ1n) is 13.2. The van der Waals surface area contributed by atoms with E-state index in [9.17, 15) is 24.2 Å². The van der Waals surface area contributed by atoms with Crippen LogP contribution in [0, 0.1) is 0 Å². The number of nitrogens with two attached hydrogens (primary N) is 1. The second-order valence-electron chi connectivity index (χ2n) is 9.11. The topological polar surface area (TPSA) is 166 Å². The van der Waals surface area contributed by atoms with Crippen molar-refractivity contribution in [1.82, 2.24) is 0 Å². The van der Waals surface area contributed by atoms with Crippen LogP contribution >= 0.6 is 7.82 Å². The lowest BCUT2D eigenvalue weighted by Gasteiger charge is -2.21. The monoisotopic (exact) mass is 537 g/mol. The number of allylic oxidation sites excluding steroid dienone is 2. The SMILES string of the molecule is CCCCCCCC/C=C\CCCCCCCC(=O)OC[C@@H](O)COP(=O)(O)O[C@H](C)[C@H](N)C(=O)O. The zero-order valence-corrected chi connectivity index (χ0v) is 22.9. The molecule has 0 aliphatic heterocycles. The molecule has 0 aliphatic carbocycles. The molecule has 0 radical (unpaired) electrons. The molecule has 0 fully saturated rings. The number of aliphatic hydroxyl groups excluding tert-OH is 1. The van der Waals surface area contributed by atoms with E-state index in [1.807, 2.05) is 0 Å². The lowest BCUT2D eigenvalue weighted by molar-refractivity contribution is -0.147. The third-order valence-corrected chi connectivity index (χ3v) is 6.67. The van der Waals surface area contributed by atoms with E-state index in [0.717, 1.165) is 32.1 Å². The Bertz CT molecular complexity index is 659. The van der Waals surface area contributed by atoms with Gasteiger partial charge in [-0.3, -0.25) is 18.6 Å². The number of carboxylic acids is 1. The number of rotatable bonds is 24. The van der Waals surface area contributed by atoms with Crippen LogP contribution in [-0.2, 0) is 27.9 Å². The molecule has 0 heterocycles. The normalized spacial score (nSPS) is 15.9. The molecule has 0 aromatic heterocycles. The number of carbonyl (C=O) groups is 2. The molecule has 212 valence electrons. The fourth-order valence-corrected chi connectivity index (χ4v) is 4.31. The Morgan fingerprint density at radius 1 is 0.917 bits per heavy atom. The predicted octanol–water partition coefficient (Wildman–Crippen LogP) is 4.86. The number of aliphatic carboxylic acids is 1. The van der Waals surface area contributed by atoms with Gasteiger partial charge < -0.3 is 25.6 Å². The van der Waals surface area contributed by atoms with Crippen LogP contribution in [0.1, 0.15) is 104 Å². The Hall–Kier alpha value is -1.29. The molecule has 0 amide bonds. The standard InChI is InChI=1S/C25H48NO9P/c1-3-4-5-6-7-8-9-10-11-12-13-14-15-16-17-18-23(28)33-19-22(27)20-34-36(31,32)35-21(2)24(26)25(29)30/h10-11,21-22,24,27H,3-9,12-20,26H2,1-2H3,(H,29,30)(H,31,32)/b11-10-/t21-,22-,24+/m1/s1. The summed E-state index contributed by atoms with van der Waals surface area (Å²) < 4.78 is 26.0. The molecular weight excluding hydrogens is 489 g/mol. The molecule has 10 nitrogen and oxygen atoms in total. The number of unbranched alkanes of at least 4 members (excludes halogenated alkanes) is 11. The molecular formula is C25H48NO9P. The summed E-state index contributed by atoms with van der Waals surface area (Å²) in [6.07, 6.45) is 17.3. The van der Waals surface area contributed by atoms with E-state index >= 15 is 0 Å². The van der Waals surface area contributed by atoms with E-state index in [1.165, 1.54) is 51.9 Å². The Morgan fingerprint density at radius 3 is 2.00 bits per heavy atom. The van der Waals surface area contributed by atoms with Gasteiger partial charge in [0, 0.05) is 6.42 Å². The highest BCUT2D eigenvalue weighted by Crippen LogP contribution is 2.44. The second kappa shape index (κ2) is 21.8. The molecule has 1 unspecified atom stereocenters. The van der Waals surface area contributed by atoms with Crippen molar-refractivity contribution < 1.29 is 43.0 Å². The number of carbonyl (C=O) groups excluding carboxylic acids is 1. The lowest BCUT2D eigenvalue weighted by Crippen LogP contribution is -2.41. The van der Waals surface area contributed by atoms with E-state index in [-0.39, 0.29) is 6.42 Å². The first-order valence-corrected chi connectivity index (χ1v) is 14.7. The average molecular weight is 538 g/mol. The lowest BCUT2D eigenvalue weighted by atomic mass is 10.1. The number of aliphatic hydroxyl groups is 1. The van der Waals surface area contributed by atoms with E-state index in [4.69, 9.17) is 15.6 Å². The van der Waals surface area contributed by atoms with Gasteiger partial charge in [-0.1, -0.05) is 70.4 Å². The van der Waals surface area contributed by atoms with Gasteiger partial charge in [0.25, 0.3) is 0 Å². The van der Waals surface area contributed by atoms with Crippen molar-refractivity contribution in [2.24, 2.45) is 5.73 Å². The summed E-state index contributed by atoms with van der Waals surface area (Å²) in [5, 5.41) is 18.5. The number of carboxylic acid groups (broad SMARTS) is 1. The van der Waals surface area contributed by atoms with Crippen LogP contribution < -0.4 is 5.73 Å². The van der Waals surface area contributed by atoms with Crippen LogP contribution in [0.2, 0.25) is 0 Å². The zero-order chi connectivity index (χ0) is 27.2. The van der Waals surface area contributed by atoms with Crippen molar-refractivity contribution in [3.8, 4) is 0 Å². The summed E-state index contributed by atoms with van der Waals surface area (Å²) in [6, 6.07) is -1.52. The number of ether oxygens (including phenoxy) is 1. The molecule has 5 N–H and O–H groups in total. The van der Waals surface area contributed by atoms with Crippen molar-refractivity contribution in [3.63, 3.8) is 0 Å². The molecule has 0 saturated carbocycles. The third kappa shape index (κ3) is 20.9. The molecule has 0 saturated heterocycles. The summed E-state index contributed by atoms with van der Waals surface area (Å²) in [5.41, 5.74) is 5.30. The van der Waals surface area contributed by atoms with Gasteiger partial charge in [0.05, 0.1) is 12.7 Å². The van der Waals surface area contributed by atoms with Gasteiger partial charge in [-0.2, -0.15) is 0 Å². The number of phosphoric ester groups is 1. The van der Waals surface area contributed by atoms with Gasteiger partial charge in [0.1, 0.15) is 18.8 Å². The first kappa shape index (κ1) is 34.7. The van der Waals surface area contributed by atoms with Crippen LogP contribution in [0.25, 0.3) is 0 Å². The highest BCUT2D eigenvalue weighted by atomic mass is 31.2. The minimum atomic E-state index is -4.64. The number of esters is 1. The van der Waals surface area contributed by atoms with Gasteiger partial charge in [-0.05, 0) is 39.0 Å².